The van der Waals surface area contributed by atoms with Crippen molar-refractivity contribution in [2.45, 2.75) is 37.9 Å². The molecule has 0 aliphatic carbocycles. The third-order valence-corrected chi connectivity index (χ3v) is 5.11. The van der Waals surface area contributed by atoms with Crippen LogP contribution >= 0.6 is 11.6 Å². The van der Waals surface area contributed by atoms with Crippen LogP contribution < -0.4 is 51.4 Å². The number of nitrogens with zero attached hydrogens (tertiary/aromatic N) is 2. The van der Waals surface area contributed by atoms with E-state index in [1.165, 1.54) is 0 Å². The van der Waals surface area contributed by atoms with E-state index in [2.05, 4.69) is 9.88 Å². The first-order chi connectivity index (χ1) is 13.1. The van der Waals surface area contributed by atoms with Crippen molar-refractivity contribution < 1.29 is 67.4 Å². The summed E-state index contributed by atoms with van der Waals surface area (Å²) in [7, 11) is 0. The van der Waals surface area contributed by atoms with E-state index in [4.69, 9.17) is 21.4 Å². The molecule has 2 heterocycles. The molecule has 1 N–H and O–H groups in total. The molecule has 1 aliphatic rings. The summed E-state index contributed by atoms with van der Waals surface area (Å²) in [4.78, 5) is 17.5. The van der Waals surface area contributed by atoms with E-state index < -0.39 is 5.97 Å². The van der Waals surface area contributed by atoms with Crippen molar-refractivity contribution in [2.75, 3.05) is 19.6 Å². The number of pyridine rings is 1. The molecule has 1 atom stereocenters. The fraction of sp³-hybridized carbons (Fsp3) is 0.429. The van der Waals surface area contributed by atoms with Crippen LogP contribution in [0.1, 0.15) is 44.5 Å². The largest absolute Gasteiger partial charge is 1.00 e. The number of hydrogen-bond donors (Lipinski definition) is 1. The Kier molecular flexibility index (Phi) is 10.6. The predicted molar refractivity (Wildman–Crippen MR) is 106 cm³/mol. The number of carbonyl (C=O) groups is 1. The first-order valence-electron chi connectivity index (χ1n) is 9.38. The van der Waals surface area contributed by atoms with Gasteiger partial charge in [0.2, 0.25) is 0 Å². The molecule has 7 heteroatoms. The topological polar surface area (TPSA) is 62.7 Å². The van der Waals surface area contributed by atoms with Crippen molar-refractivity contribution in [3.05, 3.63) is 64.9 Å². The minimum Gasteiger partial charge on any atom is -1.00 e. The summed E-state index contributed by atoms with van der Waals surface area (Å²) in [5.41, 5.74) is 1.94. The third-order valence-electron chi connectivity index (χ3n) is 4.86. The summed E-state index contributed by atoms with van der Waals surface area (Å²) >= 11 is 6.03. The SMILES string of the molecule is O=C(O)CCCN1CCC(O[C@@H](c2ccc(Cl)cc2)c2ccccn2)CC1.[H-].[K+]. The van der Waals surface area contributed by atoms with Gasteiger partial charge in [-0.1, -0.05) is 29.8 Å². The Hall–Kier alpha value is -0.314. The van der Waals surface area contributed by atoms with Crippen molar-refractivity contribution in [2.24, 2.45) is 0 Å². The zero-order chi connectivity index (χ0) is 19.1. The molecule has 146 valence electrons. The predicted octanol–water partition coefficient (Wildman–Crippen LogP) is 1.29. The van der Waals surface area contributed by atoms with Gasteiger partial charge in [0.15, 0.2) is 0 Å². The second-order valence-electron chi connectivity index (χ2n) is 6.86. The molecule has 5 nitrogen and oxygen atoms in total. The zero-order valence-electron chi connectivity index (χ0n) is 17.3. The van der Waals surface area contributed by atoms with Crippen molar-refractivity contribution in [3.63, 3.8) is 0 Å². The van der Waals surface area contributed by atoms with Crippen LogP contribution in [0.5, 0.6) is 0 Å². The maximum Gasteiger partial charge on any atom is 1.00 e. The van der Waals surface area contributed by atoms with Crippen LogP contribution in [0.25, 0.3) is 0 Å². The molecule has 28 heavy (non-hydrogen) atoms. The summed E-state index contributed by atoms with van der Waals surface area (Å²) in [5.74, 6) is -0.727. The fourth-order valence-corrected chi connectivity index (χ4v) is 3.53. The zero-order valence-corrected chi connectivity index (χ0v) is 20.1. The number of ether oxygens (including phenoxy) is 1. The average Bonchev–Trinajstić information content (AvgIpc) is 2.68. The maximum absolute atomic E-state index is 10.7. The van der Waals surface area contributed by atoms with Crippen molar-refractivity contribution >= 4 is 17.6 Å². The number of piperidine rings is 1. The number of benzene rings is 1. The van der Waals surface area contributed by atoms with Crippen LogP contribution in [-0.2, 0) is 9.53 Å². The summed E-state index contributed by atoms with van der Waals surface area (Å²) in [5, 5.41) is 9.47. The molecule has 1 saturated heterocycles. The minimum atomic E-state index is -0.727. The molecular weight excluding hydrogens is 403 g/mol. The van der Waals surface area contributed by atoms with E-state index >= 15 is 0 Å². The molecule has 0 saturated carbocycles. The third kappa shape index (κ3) is 7.50. The van der Waals surface area contributed by atoms with Crippen LogP contribution in [0.3, 0.4) is 0 Å². The minimum absolute atomic E-state index is 0. The Morgan fingerprint density at radius 2 is 1.96 bits per heavy atom. The number of carboxylic acid groups (broad SMARTS) is 1. The van der Waals surface area contributed by atoms with Crippen molar-refractivity contribution in [1.82, 2.24) is 9.88 Å². The summed E-state index contributed by atoms with van der Waals surface area (Å²) in [6, 6.07) is 13.6. The van der Waals surface area contributed by atoms with Crippen LogP contribution in [-0.4, -0.2) is 46.7 Å². The van der Waals surface area contributed by atoms with Gasteiger partial charge < -0.3 is 16.2 Å². The number of likely N-dealkylation sites (tertiary alicyclic amines) is 1. The van der Waals surface area contributed by atoms with Crippen molar-refractivity contribution in [3.8, 4) is 0 Å². The standard InChI is InChI=1S/C21H25ClN2O3.K.H/c22-17-8-6-16(7-9-17)21(19-4-1-2-12-23-19)27-18-10-14-24(15-11-18)13-3-5-20(25)26;;/h1-2,4,6-9,12,18,21H,3,5,10-11,13-15H2,(H,25,26);;/q;+1;-1/t21-;;/m0../s1. The number of halogens is 1. The maximum atomic E-state index is 10.7. The first kappa shape index (κ1) is 24.0. The molecule has 1 aliphatic heterocycles. The molecule has 1 aromatic carbocycles. The van der Waals surface area contributed by atoms with E-state index in [1.807, 2.05) is 42.5 Å². The van der Waals surface area contributed by atoms with Crippen molar-refractivity contribution in [1.29, 1.82) is 0 Å². The molecule has 0 bridgehead atoms. The van der Waals surface area contributed by atoms with Gasteiger partial charge in [-0.2, -0.15) is 0 Å². The molecule has 0 unspecified atom stereocenters. The van der Waals surface area contributed by atoms with Gasteiger partial charge in [0.1, 0.15) is 6.10 Å². The number of aliphatic carboxylic acids is 1. The van der Waals surface area contributed by atoms with E-state index in [0.29, 0.717) is 11.4 Å². The van der Waals surface area contributed by atoms with Crippen LogP contribution in [0.15, 0.2) is 48.7 Å². The van der Waals surface area contributed by atoms with Crippen LogP contribution in [0.2, 0.25) is 5.02 Å². The normalized spacial score (nSPS) is 16.3. The van der Waals surface area contributed by atoms with Crippen LogP contribution in [0, 0.1) is 0 Å². The van der Waals surface area contributed by atoms with Gasteiger partial charge >= 0.3 is 57.4 Å². The molecule has 3 rings (SSSR count). The van der Waals surface area contributed by atoms with E-state index in [0.717, 1.165) is 43.7 Å². The van der Waals surface area contributed by atoms with E-state index in [9.17, 15) is 4.79 Å². The Morgan fingerprint density at radius 1 is 1.25 bits per heavy atom. The van der Waals surface area contributed by atoms with Gasteiger partial charge in [-0.25, -0.2) is 0 Å². The second-order valence-corrected chi connectivity index (χ2v) is 7.30. The smallest absolute Gasteiger partial charge is 1.00 e. The van der Waals surface area contributed by atoms with Gasteiger partial charge in [0, 0.05) is 30.7 Å². The molecule has 0 spiro atoms. The fourth-order valence-electron chi connectivity index (χ4n) is 3.40. The first-order valence-corrected chi connectivity index (χ1v) is 9.75. The number of rotatable bonds is 8. The average molecular weight is 429 g/mol. The quantitative estimate of drug-likeness (QED) is 0.642. The van der Waals surface area contributed by atoms with Gasteiger partial charge in [-0.15, -0.1) is 0 Å². The number of carboxylic acids is 1. The van der Waals surface area contributed by atoms with Gasteiger partial charge in [0.25, 0.3) is 0 Å². The summed E-state index contributed by atoms with van der Waals surface area (Å²) < 4.78 is 6.47. The number of aromatic nitrogens is 1. The molecule has 2 aromatic rings. The molecular formula is C21H26ClKN2O3. The Labute approximate surface area is 215 Å². The van der Waals surface area contributed by atoms with Crippen LogP contribution in [0.4, 0.5) is 0 Å². The Bertz CT molecular complexity index is 728. The number of hydrogen-bond acceptors (Lipinski definition) is 4. The molecule has 1 aromatic heterocycles. The van der Waals surface area contributed by atoms with E-state index in [-0.39, 0.29) is 71.4 Å². The Morgan fingerprint density at radius 3 is 2.57 bits per heavy atom. The van der Waals surface area contributed by atoms with E-state index in [1.54, 1.807) is 6.20 Å². The monoisotopic (exact) mass is 428 g/mol. The summed E-state index contributed by atoms with van der Waals surface area (Å²) in [6.07, 6.45) is 4.52. The van der Waals surface area contributed by atoms with Gasteiger partial charge in [0.05, 0.1) is 11.8 Å². The van der Waals surface area contributed by atoms with Gasteiger partial charge in [-0.3, -0.25) is 9.78 Å². The summed E-state index contributed by atoms with van der Waals surface area (Å²) in [6.45, 7) is 2.69. The molecule has 0 radical (unpaired) electrons. The Balaban J connectivity index is 0.00000210. The molecule has 1 fully saturated rings. The van der Waals surface area contributed by atoms with Gasteiger partial charge in [-0.05, 0) is 55.6 Å². The second kappa shape index (κ2) is 12.4. The molecule has 0 amide bonds.